The summed E-state index contributed by atoms with van der Waals surface area (Å²) in [5.74, 6) is -2.54. The molecule has 0 radical (unpaired) electrons. The highest BCUT2D eigenvalue weighted by atomic mass is 35.5. The molecule has 0 aromatic heterocycles. The minimum Gasteiger partial charge on any atom is -0.480 e. The van der Waals surface area contributed by atoms with Crippen molar-refractivity contribution >= 4 is 35.1 Å². The van der Waals surface area contributed by atoms with Gasteiger partial charge in [0.1, 0.15) is 11.6 Å². The van der Waals surface area contributed by atoms with E-state index in [9.17, 15) is 24.5 Å². The molecule has 0 unspecified atom stereocenters. The van der Waals surface area contributed by atoms with E-state index in [1.165, 1.54) is 17.0 Å². The minimum atomic E-state index is -1.10. The van der Waals surface area contributed by atoms with Crippen molar-refractivity contribution in [2.75, 3.05) is 13.1 Å². The number of nitrogens with zero attached hydrogens (tertiary/aromatic N) is 2. The molecule has 128 valence electrons. The maximum Gasteiger partial charge on any atom is 0.326 e. The average molecular weight is 356 g/mol. The average Bonchev–Trinajstić information content (AvgIpc) is 3.01. The van der Waals surface area contributed by atoms with Crippen molar-refractivity contribution in [3.63, 3.8) is 0 Å². The van der Waals surface area contributed by atoms with Crippen molar-refractivity contribution in [3.8, 4) is 0 Å². The lowest BCUT2D eigenvalue weighted by Gasteiger charge is -2.21. The van der Waals surface area contributed by atoms with Gasteiger partial charge < -0.3 is 15.3 Å². The van der Waals surface area contributed by atoms with Crippen molar-refractivity contribution < 1.29 is 24.4 Å². The van der Waals surface area contributed by atoms with Gasteiger partial charge in [-0.2, -0.15) is 0 Å². The van der Waals surface area contributed by atoms with Crippen molar-refractivity contribution in [2.45, 2.75) is 18.9 Å². The second-order valence-electron chi connectivity index (χ2n) is 5.16. The Morgan fingerprint density at radius 1 is 1.42 bits per heavy atom. The fraction of sp³-hybridized carbons (Fsp3) is 0.357. The smallest absolute Gasteiger partial charge is 0.326 e. The SMILES string of the molecule is O=C(NCC(=O)N1CCC[C@@H]1C(=O)O)c1c(Cl)cccc1[N+](=O)[O-]. The van der Waals surface area contributed by atoms with E-state index < -0.39 is 41.0 Å². The van der Waals surface area contributed by atoms with Gasteiger partial charge in [0.2, 0.25) is 5.91 Å². The van der Waals surface area contributed by atoms with Crippen LogP contribution >= 0.6 is 11.6 Å². The number of benzene rings is 1. The van der Waals surface area contributed by atoms with Gasteiger partial charge in [-0.05, 0) is 18.9 Å². The molecule has 2 N–H and O–H groups in total. The molecule has 9 nitrogen and oxygen atoms in total. The van der Waals surface area contributed by atoms with Gasteiger partial charge in [0.25, 0.3) is 11.6 Å². The Bertz CT molecular complexity index is 708. The fourth-order valence-corrected chi connectivity index (χ4v) is 2.81. The fourth-order valence-electron chi connectivity index (χ4n) is 2.56. The topological polar surface area (TPSA) is 130 Å². The van der Waals surface area contributed by atoms with Crippen LogP contribution in [-0.2, 0) is 9.59 Å². The van der Waals surface area contributed by atoms with Gasteiger partial charge in [-0.3, -0.25) is 19.7 Å². The highest BCUT2D eigenvalue weighted by Gasteiger charge is 2.34. The van der Waals surface area contributed by atoms with Gasteiger partial charge >= 0.3 is 5.97 Å². The summed E-state index contributed by atoms with van der Waals surface area (Å²) < 4.78 is 0. The van der Waals surface area contributed by atoms with Crippen LogP contribution in [0.15, 0.2) is 18.2 Å². The molecule has 1 saturated heterocycles. The number of rotatable bonds is 5. The van der Waals surface area contributed by atoms with Crippen molar-refractivity contribution in [1.29, 1.82) is 0 Å². The summed E-state index contributed by atoms with van der Waals surface area (Å²) in [7, 11) is 0. The lowest BCUT2D eigenvalue weighted by molar-refractivity contribution is -0.385. The number of hydrogen-bond acceptors (Lipinski definition) is 5. The third-order valence-electron chi connectivity index (χ3n) is 3.67. The molecule has 1 atom stereocenters. The number of carboxylic acids is 1. The summed E-state index contributed by atoms with van der Waals surface area (Å²) in [5.41, 5.74) is -0.815. The summed E-state index contributed by atoms with van der Waals surface area (Å²) in [6, 6.07) is 2.88. The Hall–Kier alpha value is -2.68. The summed E-state index contributed by atoms with van der Waals surface area (Å²) in [6.45, 7) is -0.178. The molecular formula is C14H14ClN3O6. The number of halogens is 1. The van der Waals surface area contributed by atoms with E-state index in [0.717, 1.165) is 6.07 Å². The van der Waals surface area contributed by atoms with Crippen molar-refractivity contribution in [3.05, 3.63) is 38.9 Å². The Labute approximate surface area is 141 Å². The molecule has 1 aliphatic heterocycles. The van der Waals surface area contributed by atoms with Gasteiger partial charge in [0, 0.05) is 12.6 Å². The molecule has 10 heteroatoms. The number of carbonyl (C=O) groups excluding carboxylic acids is 2. The number of likely N-dealkylation sites (tertiary alicyclic amines) is 1. The Morgan fingerprint density at radius 2 is 2.12 bits per heavy atom. The van der Waals surface area contributed by atoms with E-state index in [0.29, 0.717) is 12.8 Å². The van der Waals surface area contributed by atoms with E-state index in [2.05, 4.69) is 5.32 Å². The van der Waals surface area contributed by atoms with E-state index in [4.69, 9.17) is 16.7 Å². The zero-order chi connectivity index (χ0) is 17.9. The highest BCUT2D eigenvalue weighted by molar-refractivity contribution is 6.34. The highest BCUT2D eigenvalue weighted by Crippen LogP contribution is 2.26. The molecular weight excluding hydrogens is 342 g/mol. The van der Waals surface area contributed by atoms with Crippen molar-refractivity contribution in [1.82, 2.24) is 10.2 Å². The molecule has 1 aromatic rings. The van der Waals surface area contributed by atoms with E-state index in [-0.39, 0.29) is 17.1 Å². The first-order valence-corrected chi connectivity index (χ1v) is 7.44. The number of carboxylic acid groups (broad SMARTS) is 1. The van der Waals surface area contributed by atoms with Crippen LogP contribution in [0.4, 0.5) is 5.69 Å². The van der Waals surface area contributed by atoms with E-state index in [1.807, 2.05) is 0 Å². The first-order chi connectivity index (χ1) is 11.3. The number of nitro benzene ring substituents is 1. The molecule has 0 saturated carbocycles. The largest absolute Gasteiger partial charge is 0.480 e. The molecule has 0 spiro atoms. The second kappa shape index (κ2) is 7.26. The van der Waals surface area contributed by atoms with Crippen molar-refractivity contribution in [2.24, 2.45) is 0 Å². The van der Waals surface area contributed by atoms with Crippen LogP contribution in [0.5, 0.6) is 0 Å². The first-order valence-electron chi connectivity index (χ1n) is 7.06. The Kier molecular flexibility index (Phi) is 5.35. The third kappa shape index (κ3) is 3.62. The Morgan fingerprint density at radius 3 is 2.75 bits per heavy atom. The summed E-state index contributed by atoms with van der Waals surface area (Å²) in [6.07, 6.45) is 0.914. The monoisotopic (exact) mass is 355 g/mol. The third-order valence-corrected chi connectivity index (χ3v) is 3.99. The van der Waals surface area contributed by atoms with E-state index >= 15 is 0 Å². The maximum atomic E-state index is 12.1. The number of amides is 2. The molecule has 1 aliphatic rings. The van der Waals surface area contributed by atoms with Gasteiger partial charge in [0.05, 0.1) is 16.5 Å². The molecule has 2 rings (SSSR count). The maximum absolute atomic E-state index is 12.1. The van der Waals surface area contributed by atoms with Crippen LogP contribution < -0.4 is 5.32 Å². The number of carbonyl (C=O) groups is 3. The second-order valence-corrected chi connectivity index (χ2v) is 5.56. The van der Waals surface area contributed by atoms with Crippen LogP contribution in [0.3, 0.4) is 0 Å². The van der Waals surface area contributed by atoms with Gasteiger partial charge in [-0.15, -0.1) is 0 Å². The van der Waals surface area contributed by atoms with Gasteiger partial charge in [-0.25, -0.2) is 4.79 Å². The minimum absolute atomic E-state index is 0.112. The van der Waals surface area contributed by atoms with Crippen LogP contribution in [0.2, 0.25) is 5.02 Å². The molecule has 1 aromatic carbocycles. The van der Waals surface area contributed by atoms with Crippen LogP contribution in [0.25, 0.3) is 0 Å². The lowest BCUT2D eigenvalue weighted by Crippen LogP contribution is -2.45. The summed E-state index contributed by atoms with van der Waals surface area (Å²) >= 11 is 5.84. The molecule has 24 heavy (non-hydrogen) atoms. The zero-order valence-corrected chi connectivity index (χ0v) is 13.2. The lowest BCUT2D eigenvalue weighted by atomic mass is 10.1. The quantitative estimate of drug-likeness (QED) is 0.599. The number of aliphatic carboxylic acids is 1. The molecule has 0 bridgehead atoms. The van der Waals surface area contributed by atoms with Gasteiger partial charge in [0.15, 0.2) is 0 Å². The number of nitro groups is 1. The number of hydrogen-bond donors (Lipinski definition) is 2. The number of nitrogens with one attached hydrogen (secondary N) is 1. The summed E-state index contributed by atoms with van der Waals surface area (Å²) in [5, 5.41) is 22.2. The first kappa shape index (κ1) is 17.7. The van der Waals surface area contributed by atoms with Crippen LogP contribution in [-0.4, -0.2) is 51.8 Å². The molecule has 1 heterocycles. The molecule has 1 fully saturated rings. The molecule has 0 aliphatic carbocycles. The van der Waals surface area contributed by atoms with Crippen LogP contribution in [0.1, 0.15) is 23.2 Å². The standard InChI is InChI=1S/C14H14ClN3O6/c15-8-3-1-4-9(18(23)24)12(8)13(20)16-7-11(19)17-6-2-5-10(17)14(21)22/h1,3-4,10H,2,5-7H2,(H,16,20)(H,21,22)/t10-/m1/s1. The predicted molar refractivity (Wildman–Crippen MR) is 82.8 cm³/mol. The zero-order valence-electron chi connectivity index (χ0n) is 12.4. The van der Waals surface area contributed by atoms with Crippen LogP contribution in [0, 0.1) is 10.1 Å². The van der Waals surface area contributed by atoms with Gasteiger partial charge in [-0.1, -0.05) is 17.7 Å². The summed E-state index contributed by atoms with van der Waals surface area (Å²) in [4.78, 5) is 46.7. The predicted octanol–water partition coefficient (Wildman–Crippen LogP) is 1.05. The normalized spacial score (nSPS) is 16.7. The molecule has 2 amide bonds. The Balaban J connectivity index is 2.08. The van der Waals surface area contributed by atoms with E-state index in [1.54, 1.807) is 0 Å².